The lowest BCUT2D eigenvalue weighted by Gasteiger charge is -2.25. The Morgan fingerprint density at radius 2 is 1.25 bits per heavy atom. The van der Waals surface area contributed by atoms with Crippen molar-refractivity contribution in [2.45, 2.75) is 13.8 Å². The Labute approximate surface area is 74.2 Å². The van der Waals surface area contributed by atoms with Crippen molar-refractivity contribution in [1.82, 2.24) is 0 Å². The van der Waals surface area contributed by atoms with Crippen LogP contribution in [0.15, 0.2) is 0 Å². The van der Waals surface area contributed by atoms with E-state index in [4.69, 9.17) is 17.5 Å². The minimum Gasteiger partial charge on any atom is -0.329 e. The van der Waals surface area contributed by atoms with Crippen LogP contribution in [0, 0.1) is 0 Å². The first-order valence-corrected chi connectivity index (χ1v) is 5.04. The van der Waals surface area contributed by atoms with E-state index in [1.165, 1.54) is 13.1 Å². The fraction of sp³-hybridized carbons (Fsp3) is 1.00. The maximum atomic E-state index is 8.74. The maximum absolute atomic E-state index is 8.74. The molecule has 0 radical (unpaired) electrons. The van der Waals surface area contributed by atoms with Crippen molar-refractivity contribution in [2.24, 2.45) is 0 Å². The number of rotatable bonds is 2. The molecule has 0 saturated heterocycles. The normalized spacial score (nSPS) is 11.8. The van der Waals surface area contributed by atoms with Gasteiger partial charge in [-0.25, -0.2) is 0 Å². The standard InChI is InChI=1S/C6H16N.H2O4S/c1-5-7(3,4)6-2;1-5(2,3)4/h5-6H2,1-4H3;(H2,1,2,3,4)/q+1;. The molecule has 0 aliphatic carbocycles. The molecule has 0 saturated carbocycles. The Bertz CT molecular complexity index is 184. The highest BCUT2D eigenvalue weighted by molar-refractivity contribution is 7.79. The Balaban J connectivity index is 0. The summed E-state index contributed by atoms with van der Waals surface area (Å²) in [6, 6.07) is 0. The van der Waals surface area contributed by atoms with E-state index in [1.54, 1.807) is 0 Å². The molecule has 12 heavy (non-hydrogen) atoms. The van der Waals surface area contributed by atoms with Gasteiger partial charge in [0.15, 0.2) is 0 Å². The van der Waals surface area contributed by atoms with Crippen molar-refractivity contribution in [1.29, 1.82) is 0 Å². The number of hydrogen-bond acceptors (Lipinski definition) is 2. The van der Waals surface area contributed by atoms with E-state index in [-0.39, 0.29) is 0 Å². The lowest BCUT2D eigenvalue weighted by molar-refractivity contribution is -0.886. The van der Waals surface area contributed by atoms with Crippen LogP contribution in [0.5, 0.6) is 0 Å². The molecule has 0 fully saturated rings. The molecule has 0 rings (SSSR count). The quantitative estimate of drug-likeness (QED) is 0.501. The van der Waals surface area contributed by atoms with Crippen LogP contribution < -0.4 is 0 Å². The van der Waals surface area contributed by atoms with Gasteiger partial charge in [-0.05, 0) is 13.8 Å². The molecule has 0 aliphatic heterocycles. The monoisotopic (exact) mass is 200 g/mol. The third-order valence-corrected chi connectivity index (χ3v) is 1.71. The van der Waals surface area contributed by atoms with Crippen molar-refractivity contribution in [3.63, 3.8) is 0 Å². The predicted octanol–water partition coefficient (Wildman–Crippen LogP) is 0.450. The van der Waals surface area contributed by atoms with Gasteiger partial charge in [0, 0.05) is 0 Å². The van der Waals surface area contributed by atoms with Gasteiger partial charge < -0.3 is 4.48 Å². The predicted molar refractivity (Wildman–Crippen MR) is 47.4 cm³/mol. The zero-order valence-corrected chi connectivity index (χ0v) is 8.80. The molecule has 5 nitrogen and oxygen atoms in total. The fourth-order valence-electron chi connectivity index (χ4n) is 0.224. The molecule has 76 valence electrons. The minimum atomic E-state index is -4.67. The largest absolute Gasteiger partial charge is 0.394 e. The second-order valence-corrected chi connectivity index (χ2v) is 3.91. The fourth-order valence-corrected chi connectivity index (χ4v) is 0.224. The minimum absolute atomic E-state index is 1.14. The molecular formula is C6H18NO4S+. The van der Waals surface area contributed by atoms with Crippen LogP contribution in [0.3, 0.4) is 0 Å². The summed E-state index contributed by atoms with van der Waals surface area (Å²) in [4.78, 5) is 0. The molecule has 0 unspecified atom stereocenters. The van der Waals surface area contributed by atoms with Gasteiger partial charge in [0.2, 0.25) is 0 Å². The maximum Gasteiger partial charge on any atom is 0.394 e. The highest BCUT2D eigenvalue weighted by Crippen LogP contribution is 1.91. The van der Waals surface area contributed by atoms with Crippen molar-refractivity contribution in [2.75, 3.05) is 27.2 Å². The van der Waals surface area contributed by atoms with Gasteiger partial charge in [-0.3, -0.25) is 9.11 Å². The van der Waals surface area contributed by atoms with E-state index >= 15 is 0 Å². The first-order valence-electron chi connectivity index (χ1n) is 3.64. The molecule has 0 heterocycles. The van der Waals surface area contributed by atoms with Crippen molar-refractivity contribution >= 4 is 10.4 Å². The van der Waals surface area contributed by atoms with E-state index in [9.17, 15) is 0 Å². The van der Waals surface area contributed by atoms with Crippen LogP contribution in [0.2, 0.25) is 0 Å². The summed E-state index contributed by atoms with van der Waals surface area (Å²) in [7, 11) is -0.194. The van der Waals surface area contributed by atoms with Crippen molar-refractivity contribution in [3.8, 4) is 0 Å². The van der Waals surface area contributed by atoms with Gasteiger partial charge in [0.1, 0.15) is 0 Å². The number of hydrogen-bond donors (Lipinski definition) is 2. The summed E-state index contributed by atoms with van der Waals surface area (Å²) >= 11 is 0. The average molecular weight is 200 g/mol. The van der Waals surface area contributed by atoms with Crippen molar-refractivity contribution in [3.05, 3.63) is 0 Å². The van der Waals surface area contributed by atoms with Gasteiger partial charge >= 0.3 is 10.4 Å². The van der Waals surface area contributed by atoms with E-state index in [1.807, 2.05) is 0 Å². The van der Waals surface area contributed by atoms with E-state index < -0.39 is 10.4 Å². The molecule has 0 aromatic rings. The van der Waals surface area contributed by atoms with E-state index in [0.29, 0.717) is 0 Å². The zero-order chi connectivity index (χ0) is 10.4. The second-order valence-electron chi connectivity index (χ2n) is 3.02. The van der Waals surface area contributed by atoms with Gasteiger partial charge in [-0.15, -0.1) is 0 Å². The smallest absolute Gasteiger partial charge is 0.329 e. The van der Waals surface area contributed by atoms with Gasteiger partial charge in [-0.1, -0.05) is 0 Å². The molecule has 0 aromatic carbocycles. The summed E-state index contributed by atoms with van der Waals surface area (Å²) in [5.41, 5.74) is 0. The average Bonchev–Trinajstić information content (AvgIpc) is 1.85. The Morgan fingerprint density at radius 1 is 1.08 bits per heavy atom. The molecule has 0 aliphatic rings. The van der Waals surface area contributed by atoms with Crippen LogP contribution in [0.4, 0.5) is 0 Å². The molecule has 0 spiro atoms. The lowest BCUT2D eigenvalue weighted by Crippen LogP contribution is -2.38. The van der Waals surface area contributed by atoms with E-state index in [0.717, 1.165) is 4.48 Å². The molecular weight excluding hydrogens is 182 g/mol. The molecule has 0 atom stereocenters. The Morgan fingerprint density at radius 3 is 1.25 bits per heavy atom. The lowest BCUT2D eigenvalue weighted by atomic mass is 10.5. The molecule has 6 heteroatoms. The summed E-state index contributed by atoms with van der Waals surface area (Å²) < 4.78 is 32.7. The van der Waals surface area contributed by atoms with Gasteiger partial charge in [-0.2, -0.15) is 8.42 Å². The summed E-state index contributed by atoms with van der Waals surface area (Å²) in [6.07, 6.45) is 0. The highest BCUT2D eigenvalue weighted by Gasteiger charge is 2.04. The van der Waals surface area contributed by atoms with Crippen LogP contribution in [0.1, 0.15) is 13.8 Å². The Kier molecular flexibility index (Phi) is 6.55. The molecule has 0 amide bonds. The first kappa shape index (κ1) is 14.4. The third kappa shape index (κ3) is 22.5. The SMILES string of the molecule is CC[N+](C)(C)CC.O=S(=O)(O)O. The third-order valence-electron chi connectivity index (χ3n) is 1.71. The van der Waals surface area contributed by atoms with Crippen LogP contribution >= 0.6 is 0 Å². The van der Waals surface area contributed by atoms with Crippen LogP contribution in [-0.2, 0) is 10.4 Å². The highest BCUT2D eigenvalue weighted by atomic mass is 32.3. The van der Waals surface area contributed by atoms with Gasteiger partial charge in [0.05, 0.1) is 27.2 Å². The van der Waals surface area contributed by atoms with E-state index in [2.05, 4.69) is 27.9 Å². The topological polar surface area (TPSA) is 74.6 Å². The van der Waals surface area contributed by atoms with Crippen molar-refractivity contribution < 1.29 is 22.0 Å². The number of nitrogens with zero attached hydrogens (tertiary/aromatic N) is 1. The summed E-state index contributed by atoms with van der Waals surface area (Å²) in [6.45, 7) is 6.89. The number of quaternary nitrogens is 1. The first-order chi connectivity index (χ1) is 5.12. The van der Waals surface area contributed by atoms with Gasteiger partial charge in [0.25, 0.3) is 0 Å². The molecule has 2 N–H and O–H groups in total. The summed E-state index contributed by atoms with van der Waals surface area (Å²) in [5.74, 6) is 0. The zero-order valence-electron chi connectivity index (χ0n) is 7.98. The Hall–Kier alpha value is -0.170. The summed E-state index contributed by atoms with van der Waals surface area (Å²) in [5, 5.41) is 0. The van der Waals surface area contributed by atoms with Crippen LogP contribution in [0.25, 0.3) is 0 Å². The second kappa shape index (κ2) is 5.47. The molecule has 0 aromatic heterocycles. The van der Waals surface area contributed by atoms with Crippen LogP contribution in [-0.4, -0.2) is 49.2 Å². The molecule has 0 bridgehead atoms.